The minimum absolute atomic E-state index is 0.0817. The summed E-state index contributed by atoms with van der Waals surface area (Å²) in [6.45, 7) is 2.53. The molecule has 0 aromatic heterocycles. The number of benzene rings is 3. The molecular formula is C27H25F2NO5. The molecule has 1 aliphatic heterocycles. The molecule has 0 radical (unpaired) electrons. The van der Waals surface area contributed by atoms with Crippen LogP contribution in [0, 0.1) is 11.6 Å². The zero-order valence-electron chi connectivity index (χ0n) is 19.2. The average Bonchev–Trinajstić information content (AvgIpc) is 2.83. The summed E-state index contributed by atoms with van der Waals surface area (Å²) < 4.78 is 39.3. The van der Waals surface area contributed by atoms with Gasteiger partial charge in [0.15, 0.2) is 0 Å². The highest BCUT2D eigenvalue weighted by molar-refractivity contribution is 5.78. The molecule has 3 aromatic carbocycles. The fraction of sp³-hybridized carbons (Fsp3) is 0.259. The number of carbonyl (C=O) groups excluding carboxylic acids is 1. The molecule has 8 heteroatoms. The largest absolute Gasteiger partial charge is 0.493 e. The molecule has 1 N–H and O–H groups in total. The Balaban J connectivity index is 1.64. The topological polar surface area (TPSA) is 76.1 Å². The maximum atomic E-state index is 14.7. The molecule has 1 amide bonds. The highest BCUT2D eigenvalue weighted by Gasteiger charge is 2.27. The molecule has 6 nitrogen and oxygen atoms in total. The number of nitrogens with zero attached hydrogens (tertiary/aromatic N) is 1. The maximum absolute atomic E-state index is 14.7. The molecule has 0 fully saturated rings. The third kappa shape index (κ3) is 5.59. The molecule has 0 spiro atoms. The van der Waals surface area contributed by atoms with Crippen LogP contribution in [0.25, 0.3) is 11.1 Å². The van der Waals surface area contributed by atoms with E-state index < -0.39 is 17.9 Å². The predicted octanol–water partition coefficient (Wildman–Crippen LogP) is 5.35. The smallest absolute Gasteiger partial charge is 0.410 e. The van der Waals surface area contributed by atoms with Gasteiger partial charge in [-0.05, 0) is 71.5 Å². The Labute approximate surface area is 201 Å². The van der Waals surface area contributed by atoms with Crippen molar-refractivity contribution in [2.75, 3.05) is 13.2 Å². The summed E-state index contributed by atoms with van der Waals surface area (Å²) in [5, 5.41) is 9.21. The molecule has 0 unspecified atom stereocenters. The Kier molecular flexibility index (Phi) is 7.29. The van der Waals surface area contributed by atoms with Crippen LogP contribution in [0.3, 0.4) is 0 Å². The number of amides is 1. The van der Waals surface area contributed by atoms with E-state index in [0.29, 0.717) is 52.2 Å². The second-order valence-electron chi connectivity index (χ2n) is 8.24. The standard InChI is InChI=1S/C27H25F2NO5/c1-2-34-25-9-6-17(14-26(31)32)13-22(25)20-7-8-24(29)21-10-11-30(15-23(20)21)27(33)35-16-18-4-3-5-19(28)12-18/h3-9,12-13H,2,10-11,14-16H2,1H3,(H,31,32). The van der Waals surface area contributed by atoms with E-state index in [9.17, 15) is 23.5 Å². The van der Waals surface area contributed by atoms with Gasteiger partial charge in [-0.15, -0.1) is 0 Å². The summed E-state index contributed by atoms with van der Waals surface area (Å²) >= 11 is 0. The zero-order valence-corrected chi connectivity index (χ0v) is 19.2. The molecule has 0 saturated heterocycles. The first kappa shape index (κ1) is 24.2. The number of halogens is 2. The van der Waals surface area contributed by atoms with Crippen LogP contribution in [0.1, 0.15) is 29.2 Å². The molecule has 0 atom stereocenters. The van der Waals surface area contributed by atoms with Gasteiger partial charge in [-0.25, -0.2) is 13.6 Å². The van der Waals surface area contributed by atoms with E-state index in [2.05, 4.69) is 0 Å². The minimum atomic E-state index is -0.964. The van der Waals surface area contributed by atoms with Crippen molar-refractivity contribution < 1.29 is 33.0 Å². The summed E-state index contributed by atoms with van der Waals surface area (Å²) in [6, 6.07) is 13.9. The monoisotopic (exact) mass is 481 g/mol. The lowest BCUT2D eigenvalue weighted by Gasteiger charge is -2.30. The number of carboxylic acids is 1. The van der Waals surface area contributed by atoms with E-state index in [1.165, 1.54) is 23.1 Å². The number of carbonyl (C=O) groups is 2. The van der Waals surface area contributed by atoms with Crippen molar-refractivity contribution >= 4 is 12.1 Å². The van der Waals surface area contributed by atoms with Gasteiger partial charge >= 0.3 is 12.1 Å². The summed E-state index contributed by atoms with van der Waals surface area (Å²) in [4.78, 5) is 25.5. The lowest BCUT2D eigenvalue weighted by atomic mass is 9.89. The Morgan fingerprint density at radius 3 is 2.57 bits per heavy atom. The van der Waals surface area contributed by atoms with Crippen LogP contribution in [0.2, 0.25) is 0 Å². The second-order valence-corrected chi connectivity index (χ2v) is 8.24. The molecular weight excluding hydrogens is 456 g/mol. The molecule has 3 aromatic rings. The van der Waals surface area contributed by atoms with Gasteiger partial charge in [-0.1, -0.05) is 24.3 Å². The first-order chi connectivity index (χ1) is 16.9. The number of carboxylic acid groups (broad SMARTS) is 1. The SMILES string of the molecule is CCOc1ccc(CC(=O)O)cc1-c1ccc(F)c2c1CN(C(=O)OCc1cccc(F)c1)CC2. The summed E-state index contributed by atoms with van der Waals surface area (Å²) in [5.74, 6) is -1.20. The number of fused-ring (bicyclic) bond motifs is 1. The molecule has 182 valence electrons. The molecule has 0 saturated carbocycles. The number of rotatable bonds is 7. The van der Waals surface area contributed by atoms with Crippen molar-refractivity contribution in [3.63, 3.8) is 0 Å². The van der Waals surface area contributed by atoms with Crippen LogP contribution in [0.15, 0.2) is 54.6 Å². The van der Waals surface area contributed by atoms with E-state index >= 15 is 0 Å². The van der Waals surface area contributed by atoms with Gasteiger partial charge < -0.3 is 19.5 Å². The van der Waals surface area contributed by atoms with Crippen molar-refractivity contribution in [1.82, 2.24) is 4.90 Å². The van der Waals surface area contributed by atoms with E-state index in [0.717, 1.165) is 0 Å². The fourth-order valence-corrected chi connectivity index (χ4v) is 4.26. The van der Waals surface area contributed by atoms with Crippen molar-refractivity contribution in [3.8, 4) is 16.9 Å². The van der Waals surface area contributed by atoms with E-state index in [4.69, 9.17) is 9.47 Å². The Morgan fingerprint density at radius 1 is 1.00 bits per heavy atom. The van der Waals surface area contributed by atoms with Gasteiger partial charge in [-0.3, -0.25) is 4.79 Å². The Bertz CT molecular complexity index is 1260. The summed E-state index contributed by atoms with van der Waals surface area (Å²) in [5.41, 5.74) is 3.53. The summed E-state index contributed by atoms with van der Waals surface area (Å²) in [6.07, 6.45) is -0.454. The predicted molar refractivity (Wildman–Crippen MR) is 125 cm³/mol. The third-order valence-corrected chi connectivity index (χ3v) is 5.85. The van der Waals surface area contributed by atoms with Crippen LogP contribution in [-0.2, 0) is 35.5 Å². The van der Waals surface area contributed by atoms with Crippen LogP contribution < -0.4 is 4.74 Å². The highest BCUT2D eigenvalue weighted by Crippen LogP contribution is 2.38. The average molecular weight is 481 g/mol. The highest BCUT2D eigenvalue weighted by atomic mass is 19.1. The van der Waals surface area contributed by atoms with E-state index in [1.54, 1.807) is 36.4 Å². The van der Waals surface area contributed by atoms with Gasteiger partial charge in [0.05, 0.1) is 13.0 Å². The Morgan fingerprint density at radius 2 is 1.83 bits per heavy atom. The lowest BCUT2D eigenvalue weighted by Crippen LogP contribution is -2.37. The Hall–Kier alpha value is -3.94. The quantitative estimate of drug-likeness (QED) is 0.492. The van der Waals surface area contributed by atoms with Gasteiger partial charge in [0.25, 0.3) is 0 Å². The van der Waals surface area contributed by atoms with Gasteiger partial charge in [0, 0.05) is 18.7 Å². The molecule has 1 heterocycles. The van der Waals surface area contributed by atoms with Crippen molar-refractivity contribution in [3.05, 3.63) is 88.5 Å². The van der Waals surface area contributed by atoms with Crippen molar-refractivity contribution in [1.29, 1.82) is 0 Å². The minimum Gasteiger partial charge on any atom is -0.493 e. The molecule has 35 heavy (non-hydrogen) atoms. The second kappa shape index (κ2) is 10.5. The molecule has 1 aliphatic rings. The first-order valence-electron chi connectivity index (χ1n) is 11.3. The molecule has 0 bridgehead atoms. The number of ether oxygens (including phenoxy) is 2. The van der Waals surface area contributed by atoms with Gasteiger partial charge in [0.1, 0.15) is 24.0 Å². The fourth-order valence-electron chi connectivity index (χ4n) is 4.26. The number of hydrogen-bond donors (Lipinski definition) is 1. The van der Waals surface area contributed by atoms with Crippen LogP contribution in [0.5, 0.6) is 5.75 Å². The van der Waals surface area contributed by atoms with E-state index in [-0.39, 0.29) is 31.9 Å². The van der Waals surface area contributed by atoms with Gasteiger partial charge in [0.2, 0.25) is 0 Å². The van der Waals surface area contributed by atoms with E-state index in [1.807, 2.05) is 6.92 Å². The molecule has 4 rings (SSSR count). The third-order valence-electron chi connectivity index (χ3n) is 5.85. The number of hydrogen-bond acceptors (Lipinski definition) is 4. The van der Waals surface area contributed by atoms with Crippen LogP contribution >= 0.6 is 0 Å². The molecule has 0 aliphatic carbocycles. The van der Waals surface area contributed by atoms with Gasteiger partial charge in [-0.2, -0.15) is 0 Å². The number of aliphatic carboxylic acids is 1. The first-order valence-corrected chi connectivity index (χ1v) is 11.3. The van der Waals surface area contributed by atoms with Crippen molar-refractivity contribution in [2.24, 2.45) is 0 Å². The maximum Gasteiger partial charge on any atom is 0.410 e. The normalized spacial score (nSPS) is 12.7. The summed E-state index contributed by atoms with van der Waals surface area (Å²) in [7, 11) is 0. The van der Waals surface area contributed by atoms with Crippen molar-refractivity contribution in [2.45, 2.75) is 32.9 Å². The van der Waals surface area contributed by atoms with Crippen LogP contribution in [0.4, 0.5) is 13.6 Å². The van der Waals surface area contributed by atoms with Crippen LogP contribution in [-0.4, -0.2) is 35.2 Å². The lowest BCUT2D eigenvalue weighted by molar-refractivity contribution is -0.136. The zero-order chi connectivity index (χ0) is 24.9.